The second kappa shape index (κ2) is 4.06. The predicted molar refractivity (Wildman–Crippen MR) is 57.0 cm³/mol. The van der Waals surface area contributed by atoms with Gasteiger partial charge in [-0.15, -0.1) is 0 Å². The predicted octanol–water partition coefficient (Wildman–Crippen LogP) is 1.46. The first-order chi connectivity index (χ1) is 7.20. The highest BCUT2D eigenvalue weighted by atomic mass is 16.5. The van der Waals surface area contributed by atoms with Gasteiger partial charge in [0.2, 0.25) is 0 Å². The molecule has 1 saturated carbocycles. The summed E-state index contributed by atoms with van der Waals surface area (Å²) in [6.07, 6.45) is 5.69. The first kappa shape index (κ1) is 10.2. The summed E-state index contributed by atoms with van der Waals surface area (Å²) in [5.41, 5.74) is 0.656. The minimum absolute atomic E-state index is 0.0663. The molecule has 0 saturated heterocycles. The van der Waals surface area contributed by atoms with E-state index < -0.39 is 0 Å². The molecule has 0 spiro atoms. The number of nitrogens with one attached hydrogen (secondary N) is 1. The normalized spacial score (nSPS) is 30.1. The van der Waals surface area contributed by atoms with Crippen LogP contribution in [0.4, 0.5) is 4.79 Å². The van der Waals surface area contributed by atoms with Gasteiger partial charge in [-0.3, -0.25) is 4.90 Å². The summed E-state index contributed by atoms with van der Waals surface area (Å²) in [6, 6.07) is 0.262. The Bertz CT molecular complexity index is 306. The first-order valence-corrected chi connectivity index (χ1v) is 5.16. The Kier molecular flexibility index (Phi) is 2.77. The molecule has 0 bridgehead atoms. The molecular weight excluding hydrogens is 192 g/mol. The highest BCUT2D eigenvalue weighted by Crippen LogP contribution is 2.32. The lowest BCUT2D eigenvalue weighted by Crippen LogP contribution is -2.50. The number of carbonyl (C=O) groups excluding carboxylic acids is 1. The van der Waals surface area contributed by atoms with Gasteiger partial charge in [-0.25, -0.2) is 4.79 Å². The van der Waals surface area contributed by atoms with Gasteiger partial charge >= 0.3 is 6.03 Å². The third-order valence-electron chi connectivity index (χ3n) is 2.94. The van der Waals surface area contributed by atoms with Crippen LogP contribution in [0.1, 0.15) is 12.8 Å². The molecule has 2 amide bonds. The summed E-state index contributed by atoms with van der Waals surface area (Å²) in [4.78, 5) is 13.3. The van der Waals surface area contributed by atoms with E-state index >= 15 is 0 Å². The van der Waals surface area contributed by atoms with Crippen molar-refractivity contribution >= 4 is 6.03 Å². The Morgan fingerprint density at radius 3 is 3.00 bits per heavy atom. The van der Waals surface area contributed by atoms with Crippen molar-refractivity contribution in [2.45, 2.75) is 18.9 Å². The molecule has 0 radical (unpaired) electrons. The third-order valence-corrected chi connectivity index (χ3v) is 2.94. The molecule has 1 aliphatic heterocycles. The first-order valence-electron chi connectivity index (χ1n) is 5.16. The Morgan fingerprint density at radius 1 is 1.67 bits per heavy atom. The molecule has 1 fully saturated rings. The molecule has 82 valence electrons. The van der Waals surface area contributed by atoms with Crippen LogP contribution in [-0.2, 0) is 4.74 Å². The number of hydrogen-bond donors (Lipinski definition) is 1. The van der Waals surface area contributed by atoms with Gasteiger partial charge in [0, 0.05) is 31.7 Å². The molecule has 2 rings (SSSR count). The fraction of sp³-hybridized carbons (Fsp3) is 0.545. The molecule has 4 nitrogen and oxygen atoms in total. The second-order valence-electron chi connectivity index (χ2n) is 4.12. The molecule has 2 aliphatic rings. The van der Waals surface area contributed by atoms with Crippen LogP contribution in [0.25, 0.3) is 0 Å². The number of ether oxygens (including phenoxy) is 1. The third kappa shape index (κ3) is 2.04. The van der Waals surface area contributed by atoms with Crippen molar-refractivity contribution in [1.29, 1.82) is 0 Å². The maximum atomic E-state index is 11.6. The number of amides is 2. The van der Waals surface area contributed by atoms with E-state index in [4.69, 9.17) is 4.74 Å². The molecule has 0 aromatic heterocycles. The fourth-order valence-electron chi connectivity index (χ4n) is 2.07. The monoisotopic (exact) mass is 208 g/mol. The van der Waals surface area contributed by atoms with Crippen LogP contribution in [0.15, 0.2) is 24.6 Å². The Labute approximate surface area is 89.6 Å². The summed E-state index contributed by atoms with van der Waals surface area (Å²) in [5, 5.41) is 2.70. The van der Waals surface area contributed by atoms with Crippen molar-refractivity contribution in [3.05, 3.63) is 24.6 Å². The molecule has 1 heterocycles. The van der Waals surface area contributed by atoms with E-state index in [2.05, 4.69) is 11.9 Å². The Hall–Kier alpha value is -1.29. The second-order valence-corrected chi connectivity index (χ2v) is 4.12. The average molecular weight is 208 g/mol. The molecule has 0 atom stereocenters. The molecule has 0 unspecified atom stereocenters. The zero-order valence-corrected chi connectivity index (χ0v) is 8.90. The molecule has 15 heavy (non-hydrogen) atoms. The van der Waals surface area contributed by atoms with E-state index in [-0.39, 0.29) is 6.03 Å². The lowest BCUT2D eigenvalue weighted by Gasteiger charge is -2.42. The van der Waals surface area contributed by atoms with Gasteiger partial charge in [-0.1, -0.05) is 6.58 Å². The average Bonchev–Trinajstić information content (AvgIpc) is 2.12. The van der Waals surface area contributed by atoms with Crippen LogP contribution in [0.3, 0.4) is 0 Å². The van der Waals surface area contributed by atoms with E-state index in [9.17, 15) is 4.79 Å². The van der Waals surface area contributed by atoms with E-state index in [0.717, 1.165) is 19.4 Å². The number of rotatable bonds is 3. The smallest absolute Gasteiger partial charge is 0.326 e. The summed E-state index contributed by atoms with van der Waals surface area (Å²) in [7, 11) is 1.71. The highest BCUT2D eigenvalue weighted by molar-refractivity contribution is 5.79. The van der Waals surface area contributed by atoms with Crippen molar-refractivity contribution in [3.8, 4) is 0 Å². The van der Waals surface area contributed by atoms with Crippen molar-refractivity contribution < 1.29 is 9.53 Å². The van der Waals surface area contributed by atoms with Crippen molar-refractivity contribution in [3.63, 3.8) is 0 Å². The maximum absolute atomic E-state index is 11.6. The number of methoxy groups -OCH3 is 1. The summed E-state index contributed by atoms with van der Waals surface area (Å²) >= 11 is 0. The molecule has 0 aromatic rings. The number of allylic oxidation sites excluding steroid dienone is 1. The van der Waals surface area contributed by atoms with Crippen molar-refractivity contribution in [1.82, 2.24) is 10.2 Å². The summed E-state index contributed by atoms with van der Waals surface area (Å²) < 4.78 is 5.07. The van der Waals surface area contributed by atoms with E-state index in [1.165, 1.54) is 0 Å². The van der Waals surface area contributed by atoms with Crippen LogP contribution in [-0.4, -0.2) is 30.7 Å². The topological polar surface area (TPSA) is 41.6 Å². The lowest BCUT2D eigenvalue weighted by atomic mass is 9.80. The number of hydrogen-bond acceptors (Lipinski definition) is 2. The van der Waals surface area contributed by atoms with Gasteiger partial charge in [0.1, 0.15) is 0 Å². The fourth-order valence-corrected chi connectivity index (χ4v) is 2.07. The molecule has 1 aliphatic carbocycles. The summed E-state index contributed by atoms with van der Waals surface area (Å²) in [6.45, 7) is 4.48. The highest BCUT2D eigenvalue weighted by Gasteiger charge is 2.35. The van der Waals surface area contributed by atoms with Crippen LogP contribution in [0.2, 0.25) is 0 Å². The Morgan fingerprint density at radius 2 is 2.40 bits per heavy atom. The summed E-state index contributed by atoms with van der Waals surface area (Å²) in [5.74, 6) is 0.603. The van der Waals surface area contributed by atoms with Crippen molar-refractivity contribution in [2.75, 3.05) is 13.7 Å². The quantitative estimate of drug-likeness (QED) is 0.763. The van der Waals surface area contributed by atoms with Gasteiger partial charge in [0.05, 0.1) is 0 Å². The minimum Gasteiger partial charge on any atom is -0.384 e. The van der Waals surface area contributed by atoms with Gasteiger partial charge in [-0.05, 0) is 24.8 Å². The molecular formula is C11H16N2O2. The SMILES string of the molecule is C=C1C=CN(C2CC(COC)C2)C(=O)N1. The van der Waals surface area contributed by atoms with Gasteiger partial charge in [0.25, 0.3) is 0 Å². The van der Waals surface area contributed by atoms with Crippen LogP contribution >= 0.6 is 0 Å². The van der Waals surface area contributed by atoms with Gasteiger partial charge in [-0.2, -0.15) is 0 Å². The number of nitrogens with zero attached hydrogens (tertiary/aromatic N) is 1. The largest absolute Gasteiger partial charge is 0.384 e. The lowest BCUT2D eigenvalue weighted by molar-refractivity contribution is 0.0603. The Balaban J connectivity index is 1.88. The van der Waals surface area contributed by atoms with Crippen molar-refractivity contribution in [2.24, 2.45) is 5.92 Å². The number of urea groups is 1. The van der Waals surface area contributed by atoms with Crippen LogP contribution < -0.4 is 5.32 Å². The van der Waals surface area contributed by atoms with Gasteiger partial charge < -0.3 is 10.1 Å². The van der Waals surface area contributed by atoms with E-state index in [1.807, 2.05) is 12.3 Å². The maximum Gasteiger partial charge on any atom is 0.326 e. The zero-order valence-electron chi connectivity index (χ0n) is 8.90. The van der Waals surface area contributed by atoms with Gasteiger partial charge in [0.15, 0.2) is 0 Å². The molecule has 1 N–H and O–H groups in total. The van der Waals surface area contributed by atoms with Crippen LogP contribution in [0, 0.1) is 5.92 Å². The van der Waals surface area contributed by atoms with E-state index in [0.29, 0.717) is 17.7 Å². The van der Waals surface area contributed by atoms with Crippen LogP contribution in [0.5, 0.6) is 0 Å². The van der Waals surface area contributed by atoms with E-state index in [1.54, 1.807) is 12.0 Å². The minimum atomic E-state index is -0.0663. The number of carbonyl (C=O) groups is 1. The molecule has 0 aromatic carbocycles. The zero-order chi connectivity index (χ0) is 10.8. The molecule has 4 heteroatoms. The standard InChI is InChI=1S/C11H16N2O2/c1-8-3-4-13(11(14)12-8)10-5-9(6-10)7-15-2/h3-4,9-10H,1,5-7H2,2H3,(H,12,14).